The van der Waals surface area contributed by atoms with E-state index in [9.17, 15) is 9.90 Å². The third-order valence-electron chi connectivity index (χ3n) is 8.30. The van der Waals surface area contributed by atoms with E-state index >= 15 is 0 Å². The smallest absolute Gasteiger partial charge is 0.303 e. The number of benzene rings is 1. The van der Waals surface area contributed by atoms with Crippen molar-refractivity contribution in [1.82, 2.24) is 0 Å². The Kier molecular flexibility index (Phi) is 11.0. The van der Waals surface area contributed by atoms with Gasteiger partial charge in [0.15, 0.2) is 0 Å². The van der Waals surface area contributed by atoms with Gasteiger partial charge in [0.2, 0.25) is 0 Å². The van der Waals surface area contributed by atoms with Crippen LogP contribution in [0.4, 0.5) is 0 Å². The molecule has 1 aromatic rings. The quantitative estimate of drug-likeness (QED) is 0.283. The van der Waals surface area contributed by atoms with Crippen LogP contribution in [0.15, 0.2) is 0 Å². The van der Waals surface area contributed by atoms with Crippen LogP contribution < -0.4 is 4.74 Å². The highest BCUT2D eigenvalue weighted by Crippen LogP contribution is 2.45. The highest BCUT2D eigenvalue weighted by molar-refractivity contribution is 5.66. The van der Waals surface area contributed by atoms with Gasteiger partial charge in [-0.1, -0.05) is 72.6 Å². The Morgan fingerprint density at radius 1 is 0.943 bits per heavy atom. The van der Waals surface area contributed by atoms with Crippen LogP contribution in [0.3, 0.4) is 0 Å². The first kappa shape index (κ1) is 29.5. The summed E-state index contributed by atoms with van der Waals surface area (Å²) in [4.78, 5) is 11.9. The van der Waals surface area contributed by atoms with Crippen LogP contribution >= 0.6 is 0 Å². The monoisotopic (exact) mass is 488 g/mol. The topological polar surface area (TPSA) is 55.8 Å². The SMILES string of the molecule is CC(=O)OC1Cc2c(C)c(O)c(C)c(C)c2O[C@@]1(C)CCC[C@H](C)CCC[C@@H](C)CCCC(C)C. The van der Waals surface area contributed by atoms with Gasteiger partial charge in [-0.25, -0.2) is 0 Å². The normalized spacial score (nSPS) is 21.4. The zero-order chi connectivity index (χ0) is 26.3. The second kappa shape index (κ2) is 13.0. The minimum absolute atomic E-state index is 0.283. The number of fused-ring (bicyclic) bond motifs is 1. The summed E-state index contributed by atoms with van der Waals surface area (Å²) in [5.41, 5.74) is 3.07. The number of esters is 1. The van der Waals surface area contributed by atoms with Gasteiger partial charge in [-0.2, -0.15) is 0 Å². The van der Waals surface area contributed by atoms with Crippen molar-refractivity contribution < 1.29 is 19.4 Å². The van der Waals surface area contributed by atoms with Gasteiger partial charge < -0.3 is 14.6 Å². The van der Waals surface area contributed by atoms with Crippen molar-refractivity contribution in [2.24, 2.45) is 17.8 Å². The molecule has 0 bridgehead atoms. The van der Waals surface area contributed by atoms with Crippen molar-refractivity contribution in [1.29, 1.82) is 0 Å². The van der Waals surface area contributed by atoms with Crippen molar-refractivity contribution in [3.8, 4) is 11.5 Å². The lowest BCUT2D eigenvalue weighted by Gasteiger charge is -2.43. The molecule has 1 heterocycles. The number of ether oxygens (including phenoxy) is 2. The number of aromatic hydroxyl groups is 1. The number of phenolic OH excluding ortho intramolecular Hbond substituents is 1. The maximum atomic E-state index is 11.9. The molecule has 4 atom stereocenters. The van der Waals surface area contributed by atoms with Gasteiger partial charge in [-0.05, 0) is 75.0 Å². The second-order valence-corrected chi connectivity index (χ2v) is 12.1. The fourth-order valence-electron chi connectivity index (χ4n) is 5.61. The molecule has 0 saturated carbocycles. The summed E-state index contributed by atoms with van der Waals surface area (Å²) in [5, 5.41) is 10.5. The Morgan fingerprint density at radius 3 is 2.03 bits per heavy atom. The van der Waals surface area contributed by atoms with E-state index in [-0.39, 0.29) is 12.1 Å². The van der Waals surface area contributed by atoms with E-state index in [0.717, 1.165) is 59.1 Å². The zero-order valence-electron chi connectivity index (χ0n) is 24.1. The van der Waals surface area contributed by atoms with E-state index in [1.54, 1.807) is 0 Å². The summed E-state index contributed by atoms with van der Waals surface area (Å²) in [7, 11) is 0. The van der Waals surface area contributed by atoms with Crippen molar-refractivity contribution in [3.63, 3.8) is 0 Å². The second-order valence-electron chi connectivity index (χ2n) is 12.1. The first-order valence-electron chi connectivity index (χ1n) is 14.0. The molecule has 0 fully saturated rings. The van der Waals surface area contributed by atoms with E-state index in [1.165, 1.54) is 45.4 Å². The molecule has 1 N–H and O–H groups in total. The van der Waals surface area contributed by atoms with E-state index in [1.807, 2.05) is 20.8 Å². The molecule has 0 saturated heterocycles. The zero-order valence-corrected chi connectivity index (χ0v) is 24.1. The molecule has 0 radical (unpaired) electrons. The first-order valence-corrected chi connectivity index (χ1v) is 14.0. The van der Waals surface area contributed by atoms with Gasteiger partial charge in [-0.15, -0.1) is 0 Å². The summed E-state index contributed by atoms with van der Waals surface area (Å²) < 4.78 is 12.4. The molecule has 200 valence electrons. The van der Waals surface area contributed by atoms with Crippen LogP contribution in [0.2, 0.25) is 0 Å². The molecule has 1 aromatic carbocycles. The standard InChI is InChI=1S/C31H52O4/c1-20(2)13-10-14-21(3)15-11-16-22(4)17-12-18-31(9)28(34-26(8)32)19-27-25(7)29(33)23(5)24(6)30(27)35-31/h20-22,28,33H,10-19H2,1-9H3/t21-,22+,28?,31-/m0/s1. The number of hydrogen-bond donors (Lipinski definition) is 1. The average molecular weight is 489 g/mol. The molecule has 4 heteroatoms. The fourth-order valence-corrected chi connectivity index (χ4v) is 5.61. The summed E-state index contributed by atoms with van der Waals surface area (Å²) >= 11 is 0. The van der Waals surface area contributed by atoms with Gasteiger partial charge in [0.1, 0.15) is 23.2 Å². The average Bonchev–Trinajstić information content (AvgIpc) is 2.77. The first-order chi connectivity index (χ1) is 16.4. The molecule has 1 aliphatic rings. The van der Waals surface area contributed by atoms with Crippen LogP contribution in [-0.2, 0) is 16.0 Å². The van der Waals surface area contributed by atoms with Crippen molar-refractivity contribution in [2.75, 3.05) is 0 Å². The Balaban J connectivity index is 1.94. The van der Waals surface area contributed by atoms with Crippen LogP contribution in [-0.4, -0.2) is 22.8 Å². The Bertz CT molecular complexity index is 843. The fraction of sp³-hybridized carbons (Fsp3) is 0.774. The molecule has 0 spiro atoms. The highest BCUT2D eigenvalue weighted by atomic mass is 16.6. The van der Waals surface area contributed by atoms with Crippen LogP contribution in [0.1, 0.15) is 122 Å². The largest absolute Gasteiger partial charge is 0.507 e. The maximum Gasteiger partial charge on any atom is 0.303 e. The third kappa shape index (κ3) is 8.15. The number of rotatable bonds is 13. The number of phenols is 1. The molecule has 2 rings (SSSR count). The lowest BCUT2D eigenvalue weighted by molar-refractivity contribution is -0.161. The van der Waals surface area contributed by atoms with E-state index in [0.29, 0.717) is 18.1 Å². The Morgan fingerprint density at radius 2 is 1.49 bits per heavy atom. The third-order valence-corrected chi connectivity index (χ3v) is 8.30. The van der Waals surface area contributed by atoms with E-state index in [2.05, 4.69) is 34.6 Å². The number of carbonyl (C=O) groups is 1. The molecule has 0 aromatic heterocycles. The predicted octanol–water partition coefficient (Wildman–Crippen LogP) is 8.38. The van der Waals surface area contributed by atoms with Crippen LogP contribution in [0.5, 0.6) is 11.5 Å². The molecule has 1 unspecified atom stereocenters. The molecule has 0 amide bonds. The number of carbonyl (C=O) groups excluding carboxylic acids is 1. The van der Waals surface area contributed by atoms with Gasteiger partial charge in [0.05, 0.1) is 0 Å². The van der Waals surface area contributed by atoms with Gasteiger partial charge in [-0.3, -0.25) is 4.79 Å². The number of hydrogen-bond acceptors (Lipinski definition) is 4. The predicted molar refractivity (Wildman–Crippen MR) is 145 cm³/mol. The van der Waals surface area contributed by atoms with Gasteiger partial charge in [0.25, 0.3) is 0 Å². The molecule has 0 aliphatic carbocycles. The Hall–Kier alpha value is -1.71. The lowest BCUT2D eigenvalue weighted by Crippen LogP contribution is -2.51. The van der Waals surface area contributed by atoms with Crippen LogP contribution in [0.25, 0.3) is 0 Å². The molecular weight excluding hydrogens is 436 g/mol. The summed E-state index contributed by atoms with van der Waals surface area (Å²) in [5.74, 6) is 3.23. The molecule has 4 nitrogen and oxygen atoms in total. The van der Waals surface area contributed by atoms with E-state index < -0.39 is 5.60 Å². The minimum atomic E-state index is -0.566. The lowest BCUT2D eigenvalue weighted by atomic mass is 9.81. The summed E-state index contributed by atoms with van der Waals surface area (Å²) in [6, 6.07) is 0. The molecular formula is C31H52O4. The summed E-state index contributed by atoms with van der Waals surface area (Å²) in [6.07, 6.45) is 11.3. The summed E-state index contributed by atoms with van der Waals surface area (Å²) in [6.45, 7) is 18.8. The minimum Gasteiger partial charge on any atom is -0.507 e. The van der Waals surface area contributed by atoms with Crippen molar-refractivity contribution in [3.05, 3.63) is 22.3 Å². The molecule has 35 heavy (non-hydrogen) atoms. The van der Waals surface area contributed by atoms with E-state index in [4.69, 9.17) is 9.47 Å². The van der Waals surface area contributed by atoms with Crippen molar-refractivity contribution >= 4 is 5.97 Å². The molecule has 1 aliphatic heterocycles. The van der Waals surface area contributed by atoms with Gasteiger partial charge in [0, 0.05) is 18.9 Å². The van der Waals surface area contributed by atoms with Crippen LogP contribution in [0, 0.1) is 38.5 Å². The van der Waals surface area contributed by atoms with Gasteiger partial charge >= 0.3 is 5.97 Å². The maximum absolute atomic E-state index is 11.9. The Labute approximate surface area is 215 Å². The highest BCUT2D eigenvalue weighted by Gasteiger charge is 2.44. The van der Waals surface area contributed by atoms with Crippen molar-refractivity contribution in [2.45, 2.75) is 138 Å².